The zero-order chi connectivity index (χ0) is 16.8. The molecule has 126 valence electrons. The molecule has 0 aromatic carbocycles. The molecule has 0 atom stereocenters. The fourth-order valence-corrected chi connectivity index (χ4v) is 2.74. The molecule has 1 amide bonds. The number of fused-ring (bicyclic) bond motifs is 1. The number of halogens is 1. The van der Waals surface area contributed by atoms with Crippen LogP contribution in [0.4, 0.5) is 0 Å². The van der Waals surface area contributed by atoms with Crippen LogP contribution < -0.4 is 0 Å². The molecule has 0 aliphatic heterocycles. The lowest BCUT2D eigenvalue weighted by Gasteiger charge is -2.22. The van der Waals surface area contributed by atoms with E-state index in [2.05, 4.69) is 20.9 Å². The van der Waals surface area contributed by atoms with Crippen molar-refractivity contribution in [2.24, 2.45) is 0 Å². The van der Waals surface area contributed by atoms with Crippen molar-refractivity contribution in [3.63, 3.8) is 0 Å². The third kappa shape index (κ3) is 4.10. The minimum atomic E-state index is -0.0541. The molecule has 6 nitrogen and oxygen atoms in total. The van der Waals surface area contributed by atoms with Crippen molar-refractivity contribution >= 4 is 27.5 Å². The van der Waals surface area contributed by atoms with Gasteiger partial charge in [0.15, 0.2) is 0 Å². The SMILES string of the molecule is CCc1nc2ccc(Br)cn2c1C(=O)N(CCOC)CCOC. The highest BCUT2D eigenvalue weighted by Gasteiger charge is 2.23. The first-order valence-corrected chi connectivity index (χ1v) is 8.35. The summed E-state index contributed by atoms with van der Waals surface area (Å²) in [7, 11) is 3.25. The number of nitrogens with zero attached hydrogens (tertiary/aromatic N) is 3. The van der Waals surface area contributed by atoms with Gasteiger partial charge in [-0.05, 0) is 34.5 Å². The van der Waals surface area contributed by atoms with Gasteiger partial charge in [0.25, 0.3) is 5.91 Å². The van der Waals surface area contributed by atoms with E-state index >= 15 is 0 Å². The Labute approximate surface area is 144 Å². The summed E-state index contributed by atoms with van der Waals surface area (Å²) in [6.07, 6.45) is 2.57. The van der Waals surface area contributed by atoms with Crippen molar-refractivity contribution in [3.05, 3.63) is 34.2 Å². The number of hydrogen-bond donors (Lipinski definition) is 0. The molecule has 0 N–H and O–H groups in total. The van der Waals surface area contributed by atoms with Gasteiger partial charge in [-0.25, -0.2) is 4.98 Å². The monoisotopic (exact) mass is 383 g/mol. The molecule has 0 unspecified atom stereocenters. The highest BCUT2D eigenvalue weighted by Crippen LogP contribution is 2.19. The number of rotatable bonds is 8. The molecule has 2 aromatic rings. The summed E-state index contributed by atoms with van der Waals surface area (Å²) < 4.78 is 13.0. The van der Waals surface area contributed by atoms with E-state index in [1.807, 2.05) is 29.7 Å². The van der Waals surface area contributed by atoms with Crippen LogP contribution in [-0.4, -0.2) is 60.7 Å². The number of imidazole rings is 1. The van der Waals surface area contributed by atoms with E-state index in [1.54, 1.807) is 19.1 Å². The Morgan fingerprint density at radius 2 is 1.91 bits per heavy atom. The van der Waals surface area contributed by atoms with Crippen LogP contribution in [-0.2, 0) is 15.9 Å². The molecule has 0 saturated carbocycles. The molecule has 0 fully saturated rings. The van der Waals surface area contributed by atoms with Crippen LogP contribution in [0.2, 0.25) is 0 Å². The quantitative estimate of drug-likeness (QED) is 0.702. The Morgan fingerprint density at radius 3 is 2.48 bits per heavy atom. The van der Waals surface area contributed by atoms with Gasteiger partial charge < -0.3 is 14.4 Å². The lowest BCUT2D eigenvalue weighted by atomic mass is 10.2. The Morgan fingerprint density at radius 1 is 1.26 bits per heavy atom. The summed E-state index contributed by atoms with van der Waals surface area (Å²) in [5, 5.41) is 0. The predicted molar refractivity (Wildman–Crippen MR) is 91.9 cm³/mol. The smallest absolute Gasteiger partial charge is 0.272 e. The number of ether oxygens (including phenoxy) is 2. The normalized spacial score (nSPS) is 11.1. The third-order valence-electron chi connectivity index (χ3n) is 3.61. The van der Waals surface area contributed by atoms with E-state index in [0.29, 0.717) is 38.4 Å². The number of hydrogen-bond acceptors (Lipinski definition) is 4. The summed E-state index contributed by atoms with van der Waals surface area (Å²) >= 11 is 3.45. The summed E-state index contributed by atoms with van der Waals surface area (Å²) in [6, 6.07) is 3.82. The second kappa shape index (κ2) is 8.42. The van der Waals surface area contributed by atoms with Crippen LogP contribution in [0, 0.1) is 0 Å². The van der Waals surface area contributed by atoms with Crippen molar-refractivity contribution in [2.75, 3.05) is 40.5 Å². The van der Waals surface area contributed by atoms with Gasteiger partial charge in [0, 0.05) is 38.0 Å². The topological polar surface area (TPSA) is 56.1 Å². The fraction of sp³-hybridized carbons (Fsp3) is 0.500. The molecule has 7 heteroatoms. The van der Waals surface area contributed by atoms with Gasteiger partial charge in [-0.1, -0.05) is 6.92 Å². The van der Waals surface area contributed by atoms with Gasteiger partial charge in [-0.15, -0.1) is 0 Å². The first-order valence-electron chi connectivity index (χ1n) is 7.56. The molecule has 0 radical (unpaired) electrons. The molecule has 0 spiro atoms. The van der Waals surface area contributed by atoms with Crippen molar-refractivity contribution in [3.8, 4) is 0 Å². The molecule has 23 heavy (non-hydrogen) atoms. The number of aromatic nitrogens is 2. The standard InChI is InChI=1S/C16H22BrN3O3/c1-4-13-15(20-11-12(17)5-6-14(20)18-13)16(21)19(7-9-22-2)8-10-23-3/h5-6,11H,4,7-10H2,1-3H3. The first-order chi connectivity index (χ1) is 11.1. The number of carbonyl (C=O) groups is 1. The van der Waals surface area contributed by atoms with Gasteiger partial charge >= 0.3 is 0 Å². The number of carbonyl (C=O) groups excluding carboxylic acids is 1. The molecule has 2 heterocycles. The summed E-state index contributed by atoms with van der Waals surface area (Å²) in [4.78, 5) is 19.4. The summed E-state index contributed by atoms with van der Waals surface area (Å²) in [5.74, 6) is -0.0541. The van der Waals surface area contributed by atoms with Gasteiger partial charge in [0.1, 0.15) is 11.3 Å². The van der Waals surface area contributed by atoms with Crippen LogP contribution >= 0.6 is 15.9 Å². The van der Waals surface area contributed by atoms with Crippen LogP contribution in [0.5, 0.6) is 0 Å². The van der Waals surface area contributed by atoms with Crippen LogP contribution in [0.15, 0.2) is 22.8 Å². The minimum Gasteiger partial charge on any atom is -0.383 e. The highest BCUT2D eigenvalue weighted by molar-refractivity contribution is 9.10. The summed E-state index contributed by atoms with van der Waals surface area (Å²) in [5.41, 5.74) is 2.18. The maximum absolute atomic E-state index is 13.1. The molecule has 0 bridgehead atoms. The van der Waals surface area contributed by atoms with Crippen LogP contribution in [0.3, 0.4) is 0 Å². The maximum Gasteiger partial charge on any atom is 0.272 e. The van der Waals surface area contributed by atoms with Gasteiger partial charge in [0.2, 0.25) is 0 Å². The molecule has 0 aliphatic rings. The lowest BCUT2D eigenvalue weighted by Crippen LogP contribution is -2.37. The van der Waals surface area contributed by atoms with E-state index < -0.39 is 0 Å². The predicted octanol–water partition coefficient (Wildman–Crippen LogP) is 2.39. The second-order valence-corrected chi connectivity index (χ2v) is 6.03. The Bertz CT molecular complexity index is 664. The van der Waals surface area contributed by atoms with E-state index in [4.69, 9.17) is 9.47 Å². The van der Waals surface area contributed by atoms with Crippen molar-refractivity contribution in [1.82, 2.24) is 14.3 Å². The maximum atomic E-state index is 13.1. The first kappa shape index (κ1) is 17.9. The zero-order valence-corrected chi connectivity index (χ0v) is 15.3. The van der Waals surface area contributed by atoms with Crippen molar-refractivity contribution < 1.29 is 14.3 Å². The number of pyridine rings is 1. The number of aryl methyl sites for hydroxylation is 1. The molecule has 0 saturated heterocycles. The second-order valence-electron chi connectivity index (χ2n) is 5.11. The average molecular weight is 384 g/mol. The van der Waals surface area contributed by atoms with E-state index in [0.717, 1.165) is 15.8 Å². The summed E-state index contributed by atoms with van der Waals surface area (Å²) in [6.45, 7) is 4.00. The molecule has 2 rings (SSSR count). The van der Waals surface area contributed by atoms with Crippen molar-refractivity contribution in [1.29, 1.82) is 0 Å². The Balaban J connectivity index is 2.41. The Hall–Kier alpha value is -1.44. The molecular formula is C16H22BrN3O3. The third-order valence-corrected chi connectivity index (χ3v) is 4.08. The zero-order valence-electron chi connectivity index (χ0n) is 13.7. The van der Waals surface area contributed by atoms with Crippen LogP contribution in [0.1, 0.15) is 23.1 Å². The number of amides is 1. The van der Waals surface area contributed by atoms with Gasteiger partial charge in [-0.2, -0.15) is 0 Å². The minimum absolute atomic E-state index is 0.0541. The largest absolute Gasteiger partial charge is 0.383 e. The molecule has 0 aliphatic carbocycles. The van der Waals surface area contributed by atoms with E-state index in [1.165, 1.54) is 0 Å². The highest BCUT2D eigenvalue weighted by atomic mass is 79.9. The molecule has 2 aromatic heterocycles. The lowest BCUT2D eigenvalue weighted by molar-refractivity contribution is 0.0619. The molecular weight excluding hydrogens is 362 g/mol. The van der Waals surface area contributed by atoms with E-state index in [9.17, 15) is 4.79 Å². The van der Waals surface area contributed by atoms with Gasteiger partial charge in [-0.3, -0.25) is 9.20 Å². The Kier molecular flexibility index (Phi) is 6.56. The fourth-order valence-electron chi connectivity index (χ4n) is 2.41. The average Bonchev–Trinajstić information content (AvgIpc) is 2.92. The van der Waals surface area contributed by atoms with E-state index in [-0.39, 0.29) is 5.91 Å². The van der Waals surface area contributed by atoms with Gasteiger partial charge in [0.05, 0.1) is 18.9 Å². The number of methoxy groups -OCH3 is 2. The van der Waals surface area contributed by atoms with Crippen LogP contribution in [0.25, 0.3) is 5.65 Å². The van der Waals surface area contributed by atoms with Crippen molar-refractivity contribution in [2.45, 2.75) is 13.3 Å².